The number of carbonyl (C=O) groups is 1. The summed E-state index contributed by atoms with van der Waals surface area (Å²) in [5, 5.41) is 0. The Morgan fingerprint density at radius 2 is 1.78 bits per heavy atom. The molecule has 1 aliphatic heterocycles. The summed E-state index contributed by atoms with van der Waals surface area (Å²) < 4.78 is 46.2. The second kappa shape index (κ2) is 5.30. The number of hydrogen-bond donors (Lipinski definition) is 0. The molecular weight excluding hydrogens is 307 g/mol. The minimum absolute atomic E-state index is 0.154. The maximum atomic E-state index is 13.9. The lowest BCUT2D eigenvalue weighted by atomic mass is 10.0. The van der Waals surface area contributed by atoms with Gasteiger partial charge in [0.05, 0.1) is 17.8 Å². The summed E-state index contributed by atoms with van der Waals surface area (Å²) in [6.07, 6.45) is 0. The van der Waals surface area contributed by atoms with Crippen LogP contribution in [-0.4, -0.2) is 18.1 Å². The molecule has 120 valence electrons. The second-order valence-electron chi connectivity index (χ2n) is 5.94. The fourth-order valence-corrected chi connectivity index (χ4v) is 2.58. The van der Waals surface area contributed by atoms with Crippen molar-refractivity contribution in [3.8, 4) is 5.75 Å². The SMILES string of the molecule is CC1(C)CN(C(=O)c2ccc(F)c(F)c2F)c2ccccc2O1. The molecule has 0 aliphatic carbocycles. The molecule has 6 heteroatoms. The molecule has 1 aliphatic rings. The van der Waals surface area contributed by atoms with Crippen molar-refractivity contribution in [2.75, 3.05) is 11.4 Å². The van der Waals surface area contributed by atoms with Crippen LogP contribution in [0.4, 0.5) is 18.9 Å². The molecule has 0 radical (unpaired) electrons. The Bertz CT molecular complexity index is 789. The van der Waals surface area contributed by atoms with Crippen LogP contribution in [0.2, 0.25) is 0 Å². The van der Waals surface area contributed by atoms with Gasteiger partial charge in [-0.3, -0.25) is 4.79 Å². The Morgan fingerprint density at radius 3 is 2.52 bits per heavy atom. The molecule has 23 heavy (non-hydrogen) atoms. The van der Waals surface area contributed by atoms with Gasteiger partial charge >= 0.3 is 0 Å². The number of fused-ring (bicyclic) bond motifs is 1. The number of anilines is 1. The standard InChI is InChI=1S/C17H14F3NO2/c1-17(2)9-21(12-5-3-4-6-13(12)23-17)16(22)10-7-8-11(18)15(20)14(10)19/h3-8H,9H2,1-2H3. The molecule has 2 aromatic rings. The Balaban J connectivity index is 2.08. The van der Waals surface area contributed by atoms with E-state index in [4.69, 9.17) is 4.74 Å². The Morgan fingerprint density at radius 1 is 1.09 bits per heavy atom. The Kier molecular flexibility index (Phi) is 3.55. The molecule has 0 unspecified atom stereocenters. The predicted octanol–water partition coefficient (Wildman–Crippen LogP) is 3.92. The van der Waals surface area contributed by atoms with Gasteiger partial charge < -0.3 is 9.64 Å². The van der Waals surface area contributed by atoms with Crippen LogP contribution in [-0.2, 0) is 0 Å². The lowest BCUT2D eigenvalue weighted by Gasteiger charge is -2.39. The number of para-hydroxylation sites is 2. The molecule has 2 aromatic carbocycles. The van der Waals surface area contributed by atoms with Crippen molar-refractivity contribution in [3.63, 3.8) is 0 Å². The number of nitrogens with zero attached hydrogens (tertiary/aromatic N) is 1. The van der Waals surface area contributed by atoms with E-state index in [0.717, 1.165) is 12.1 Å². The number of rotatable bonds is 1. The highest BCUT2D eigenvalue weighted by atomic mass is 19.2. The first-order valence-corrected chi connectivity index (χ1v) is 7.03. The third-order valence-corrected chi connectivity index (χ3v) is 3.59. The molecular formula is C17H14F3NO2. The number of benzene rings is 2. The minimum Gasteiger partial charge on any atom is -0.484 e. The second-order valence-corrected chi connectivity index (χ2v) is 5.94. The normalized spacial score (nSPS) is 15.8. The molecule has 0 bridgehead atoms. The first-order valence-electron chi connectivity index (χ1n) is 7.03. The van der Waals surface area contributed by atoms with Gasteiger partial charge in [-0.25, -0.2) is 13.2 Å². The van der Waals surface area contributed by atoms with Gasteiger partial charge in [0.15, 0.2) is 17.5 Å². The molecule has 0 N–H and O–H groups in total. The zero-order valence-electron chi connectivity index (χ0n) is 12.6. The first-order chi connectivity index (χ1) is 10.8. The molecule has 0 spiro atoms. The maximum absolute atomic E-state index is 13.9. The van der Waals surface area contributed by atoms with Crippen LogP contribution in [0.1, 0.15) is 24.2 Å². The van der Waals surface area contributed by atoms with E-state index < -0.39 is 34.5 Å². The van der Waals surface area contributed by atoms with Crippen molar-refractivity contribution in [3.05, 3.63) is 59.4 Å². The lowest BCUT2D eigenvalue weighted by molar-refractivity contribution is 0.0833. The predicted molar refractivity (Wildman–Crippen MR) is 79.1 cm³/mol. The number of hydrogen-bond acceptors (Lipinski definition) is 2. The van der Waals surface area contributed by atoms with Crippen LogP contribution in [0.15, 0.2) is 36.4 Å². The van der Waals surface area contributed by atoms with Crippen molar-refractivity contribution in [2.45, 2.75) is 19.4 Å². The average Bonchev–Trinajstić information content (AvgIpc) is 2.50. The summed E-state index contributed by atoms with van der Waals surface area (Å²) in [6.45, 7) is 3.72. The minimum atomic E-state index is -1.66. The van der Waals surface area contributed by atoms with Crippen molar-refractivity contribution < 1.29 is 22.7 Å². The van der Waals surface area contributed by atoms with Crippen LogP contribution in [0.3, 0.4) is 0 Å². The van der Waals surface area contributed by atoms with Gasteiger partial charge in [-0.15, -0.1) is 0 Å². The molecule has 0 atom stereocenters. The molecule has 1 heterocycles. The summed E-state index contributed by atoms with van der Waals surface area (Å²) in [5.74, 6) is -4.75. The third-order valence-electron chi connectivity index (χ3n) is 3.59. The first kappa shape index (κ1) is 15.4. The summed E-state index contributed by atoms with van der Waals surface area (Å²) in [7, 11) is 0. The highest BCUT2D eigenvalue weighted by Crippen LogP contribution is 2.37. The molecule has 0 saturated heterocycles. The summed E-state index contributed by atoms with van der Waals surface area (Å²) in [6, 6.07) is 8.49. The van der Waals surface area contributed by atoms with Gasteiger partial charge in [-0.1, -0.05) is 12.1 Å². The highest BCUT2D eigenvalue weighted by Gasteiger charge is 2.36. The van der Waals surface area contributed by atoms with Crippen LogP contribution in [0.5, 0.6) is 5.75 Å². The van der Waals surface area contributed by atoms with Crippen LogP contribution in [0, 0.1) is 17.5 Å². The number of halogens is 3. The van der Waals surface area contributed by atoms with Crippen LogP contribution >= 0.6 is 0 Å². The van der Waals surface area contributed by atoms with E-state index in [0.29, 0.717) is 11.4 Å². The van der Waals surface area contributed by atoms with E-state index in [9.17, 15) is 18.0 Å². The summed E-state index contributed by atoms with van der Waals surface area (Å²) >= 11 is 0. The van der Waals surface area contributed by atoms with Gasteiger partial charge in [0, 0.05) is 0 Å². The van der Waals surface area contributed by atoms with E-state index >= 15 is 0 Å². The van der Waals surface area contributed by atoms with E-state index in [1.807, 2.05) is 0 Å². The summed E-state index contributed by atoms with van der Waals surface area (Å²) in [4.78, 5) is 14.0. The molecule has 0 saturated carbocycles. The van der Waals surface area contributed by atoms with Gasteiger partial charge in [-0.05, 0) is 38.1 Å². The highest BCUT2D eigenvalue weighted by molar-refractivity contribution is 6.07. The van der Waals surface area contributed by atoms with Crippen molar-refractivity contribution in [1.82, 2.24) is 0 Å². The summed E-state index contributed by atoms with van der Waals surface area (Å²) in [5.41, 5.74) is -0.753. The topological polar surface area (TPSA) is 29.5 Å². The van der Waals surface area contributed by atoms with Crippen molar-refractivity contribution in [2.24, 2.45) is 0 Å². The quantitative estimate of drug-likeness (QED) is 0.745. The maximum Gasteiger partial charge on any atom is 0.261 e. The van der Waals surface area contributed by atoms with Gasteiger partial charge in [0.25, 0.3) is 5.91 Å². The molecule has 0 fully saturated rings. The molecule has 3 rings (SSSR count). The van der Waals surface area contributed by atoms with E-state index in [1.165, 1.54) is 4.90 Å². The zero-order valence-corrected chi connectivity index (χ0v) is 12.6. The van der Waals surface area contributed by atoms with Gasteiger partial charge in [0.1, 0.15) is 11.4 Å². The fraction of sp³-hybridized carbons (Fsp3) is 0.235. The average molecular weight is 321 g/mol. The van der Waals surface area contributed by atoms with Crippen LogP contribution < -0.4 is 9.64 Å². The zero-order chi connectivity index (χ0) is 16.8. The van der Waals surface area contributed by atoms with Crippen molar-refractivity contribution in [1.29, 1.82) is 0 Å². The van der Waals surface area contributed by atoms with Crippen molar-refractivity contribution >= 4 is 11.6 Å². The number of ether oxygens (including phenoxy) is 1. The van der Waals surface area contributed by atoms with Crippen LogP contribution in [0.25, 0.3) is 0 Å². The smallest absolute Gasteiger partial charge is 0.261 e. The van der Waals surface area contributed by atoms with E-state index in [1.54, 1.807) is 38.1 Å². The van der Waals surface area contributed by atoms with E-state index in [-0.39, 0.29) is 6.54 Å². The largest absolute Gasteiger partial charge is 0.484 e. The fourth-order valence-electron chi connectivity index (χ4n) is 2.58. The number of amides is 1. The van der Waals surface area contributed by atoms with E-state index in [2.05, 4.69) is 0 Å². The van der Waals surface area contributed by atoms with Gasteiger partial charge in [-0.2, -0.15) is 0 Å². The third kappa shape index (κ3) is 2.65. The number of carbonyl (C=O) groups excluding carboxylic acids is 1. The molecule has 3 nitrogen and oxygen atoms in total. The molecule has 1 amide bonds. The lowest BCUT2D eigenvalue weighted by Crippen LogP contribution is -2.49. The van der Waals surface area contributed by atoms with Gasteiger partial charge in [0.2, 0.25) is 0 Å². The Hall–Kier alpha value is -2.50. The monoisotopic (exact) mass is 321 g/mol. The Labute approximate surface area is 131 Å². The molecule has 0 aromatic heterocycles.